The zero-order valence-electron chi connectivity index (χ0n) is 32.7. The molecule has 7 heteroatoms. The van der Waals surface area contributed by atoms with E-state index in [1.807, 2.05) is 30.5 Å². The Labute approximate surface area is 346 Å². The van der Waals surface area contributed by atoms with Gasteiger partial charge in [-0.1, -0.05) is 92.6 Å². The van der Waals surface area contributed by atoms with Crippen molar-refractivity contribution in [2.24, 2.45) is 0 Å². The molecule has 0 aliphatic heterocycles. The fraction of sp³-hybridized carbons (Fsp3) is 0.160. The van der Waals surface area contributed by atoms with Gasteiger partial charge in [-0.05, 0) is 79.6 Å². The van der Waals surface area contributed by atoms with Gasteiger partial charge >= 0.3 is 0 Å². The van der Waals surface area contributed by atoms with Crippen LogP contribution in [0.3, 0.4) is 0 Å². The number of nitrogens with zero attached hydrogens (tertiary/aromatic N) is 5. The molecule has 0 radical (unpaired) electrons. The summed E-state index contributed by atoms with van der Waals surface area (Å²) >= 11 is 0. The summed E-state index contributed by atoms with van der Waals surface area (Å²) in [5, 5.41) is 4.65. The largest absolute Gasteiger partial charge is 0.510 e. The Hall–Kier alpha value is -5.97. The third kappa shape index (κ3) is 6.15. The molecule has 10 aromatic rings. The van der Waals surface area contributed by atoms with E-state index in [0.29, 0.717) is 11.5 Å². The Bertz CT molecular complexity index is 3100. The second-order valence-corrected chi connectivity index (χ2v) is 16.6. The van der Waals surface area contributed by atoms with Crippen molar-refractivity contribution in [2.75, 3.05) is 0 Å². The van der Waals surface area contributed by atoms with E-state index in [1.54, 1.807) is 0 Å². The molecule has 0 aliphatic rings. The first-order valence-corrected chi connectivity index (χ1v) is 19.1. The fourth-order valence-electron chi connectivity index (χ4n) is 8.05. The second-order valence-electron chi connectivity index (χ2n) is 16.6. The number of benzene rings is 6. The Morgan fingerprint density at radius 2 is 1.25 bits per heavy atom. The van der Waals surface area contributed by atoms with Gasteiger partial charge in [-0.3, -0.25) is 0 Å². The smallest absolute Gasteiger partial charge is 0.243 e. The number of hydrogen-bond acceptors (Lipinski definition) is 2. The Morgan fingerprint density at radius 1 is 0.579 bits per heavy atom. The van der Waals surface area contributed by atoms with E-state index in [2.05, 4.69) is 187 Å². The average molecular weight is 923 g/mol. The van der Waals surface area contributed by atoms with Gasteiger partial charge in [-0.2, -0.15) is 18.2 Å². The molecule has 0 unspecified atom stereocenters. The van der Waals surface area contributed by atoms with Crippen LogP contribution in [0.25, 0.3) is 71.8 Å². The molecule has 0 fully saturated rings. The molecule has 4 heterocycles. The third-order valence-electron chi connectivity index (χ3n) is 10.8. The van der Waals surface area contributed by atoms with Crippen LogP contribution in [0.15, 0.2) is 140 Å². The standard InChI is InChI=1S/C50H41N5O.Pt/c1-49(2,3)33-26-27-51-48(28-33)55-44-25-22-35(54-42-18-9-7-16-38(42)39-17-8-10-19-43(39)54)30-41(44)40-24-23-37(31-47(40)55)56-36-15-13-14-34(29-36)52-32-53(50(4,5)6)46-21-12-11-20-45(46)52;/h7-28,30H,1-6H3;/q-2;. The monoisotopic (exact) mass is 922 g/mol. The molecule has 4 aromatic heterocycles. The first-order valence-electron chi connectivity index (χ1n) is 19.1. The Morgan fingerprint density at radius 3 is 1.96 bits per heavy atom. The fourth-order valence-corrected chi connectivity index (χ4v) is 8.05. The summed E-state index contributed by atoms with van der Waals surface area (Å²) in [6.07, 6.45) is 5.49. The SMILES string of the molecule is CC(C)(C)c1ccnc(-n2c3[c-]c(Oc4[c-]c(-n5[c-][n+](C(C)(C)C)c6ccccc65)ccc4)ccc3c3cc(-n4c5ccccc5c5ccccc54)ccc32)c1.[Pt]. The van der Waals surface area contributed by atoms with E-state index in [1.165, 1.54) is 27.4 Å². The number of fused-ring (bicyclic) bond motifs is 7. The van der Waals surface area contributed by atoms with Gasteiger partial charge in [0.15, 0.2) is 0 Å². The van der Waals surface area contributed by atoms with Crippen molar-refractivity contribution in [1.82, 2.24) is 18.7 Å². The first kappa shape index (κ1) is 36.7. The van der Waals surface area contributed by atoms with Crippen molar-refractivity contribution >= 4 is 54.6 Å². The van der Waals surface area contributed by atoms with Gasteiger partial charge in [0.25, 0.3) is 0 Å². The quantitative estimate of drug-likeness (QED) is 0.127. The number of imidazole rings is 1. The number of ether oxygens (including phenoxy) is 1. The van der Waals surface area contributed by atoms with E-state index < -0.39 is 0 Å². The number of para-hydroxylation sites is 4. The summed E-state index contributed by atoms with van der Waals surface area (Å²) in [4.78, 5) is 4.94. The van der Waals surface area contributed by atoms with Crippen LogP contribution in [0, 0.1) is 18.5 Å². The summed E-state index contributed by atoms with van der Waals surface area (Å²) in [7, 11) is 0. The molecule has 57 heavy (non-hydrogen) atoms. The minimum absolute atomic E-state index is 0. The maximum Gasteiger partial charge on any atom is 0.243 e. The normalized spacial score (nSPS) is 12.2. The molecule has 0 saturated carbocycles. The van der Waals surface area contributed by atoms with Gasteiger partial charge < -0.3 is 23.0 Å². The van der Waals surface area contributed by atoms with Crippen LogP contribution in [0.4, 0.5) is 0 Å². The van der Waals surface area contributed by atoms with Crippen LogP contribution in [0.2, 0.25) is 0 Å². The van der Waals surface area contributed by atoms with E-state index in [0.717, 1.165) is 50.0 Å². The van der Waals surface area contributed by atoms with Crippen LogP contribution < -0.4 is 9.30 Å². The summed E-state index contributed by atoms with van der Waals surface area (Å²) < 4.78 is 15.4. The van der Waals surface area contributed by atoms with Crippen molar-refractivity contribution in [1.29, 1.82) is 0 Å². The Kier molecular flexibility index (Phi) is 8.75. The second kappa shape index (κ2) is 13.6. The molecule has 0 bridgehead atoms. The summed E-state index contributed by atoms with van der Waals surface area (Å²) in [5.41, 5.74) is 9.41. The molecule has 6 aromatic carbocycles. The summed E-state index contributed by atoms with van der Waals surface area (Å²) in [6.45, 7) is 13.3. The van der Waals surface area contributed by atoms with E-state index >= 15 is 0 Å². The van der Waals surface area contributed by atoms with Gasteiger partial charge in [-0.15, -0.1) is 29.7 Å². The molecule has 0 saturated heterocycles. The number of pyridine rings is 1. The minimum Gasteiger partial charge on any atom is -0.510 e. The first-order chi connectivity index (χ1) is 27.0. The molecule has 10 rings (SSSR count). The van der Waals surface area contributed by atoms with Crippen molar-refractivity contribution in [2.45, 2.75) is 52.5 Å². The molecule has 0 aliphatic carbocycles. The topological polar surface area (TPSA) is 40.8 Å². The van der Waals surface area contributed by atoms with Gasteiger partial charge in [-0.25, -0.2) is 4.98 Å². The zero-order chi connectivity index (χ0) is 38.3. The van der Waals surface area contributed by atoms with E-state index in [4.69, 9.17) is 9.72 Å². The van der Waals surface area contributed by atoms with Crippen molar-refractivity contribution < 1.29 is 30.4 Å². The predicted molar refractivity (Wildman–Crippen MR) is 227 cm³/mol. The van der Waals surface area contributed by atoms with Gasteiger partial charge in [0.1, 0.15) is 5.82 Å². The molecule has 6 nitrogen and oxygen atoms in total. The number of aromatic nitrogens is 5. The van der Waals surface area contributed by atoms with Crippen LogP contribution in [0.1, 0.15) is 47.1 Å². The molecule has 284 valence electrons. The molecule has 0 spiro atoms. The number of hydrogen-bond donors (Lipinski definition) is 0. The van der Waals surface area contributed by atoms with E-state index in [-0.39, 0.29) is 32.0 Å². The number of rotatable bonds is 5. The van der Waals surface area contributed by atoms with Crippen LogP contribution in [0.5, 0.6) is 11.5 Å². The van der Waals surface area contributed by atoms with Gasteiger partial charge in [0, 0.05) is 60.7 Å². The van der Waals surface area contributed by atoms with E-state index in [9.17, 15) is 0 Å². The predicted octanol–water partition coefficient (Wildman–Crippen LogP) is 11.8. The van der Waals surface area contributed by atoms with Gasteiger partial charge in [0.2, 0.25) is 6.33 Å². The summed E-state index contributed by atoms with van der Waals surface area (Å²) in [6, 6.07) is 54.0. The average Bonchev–Trinajstić information content (AvgIpc) is 3.86. The molecular weight excluding hydrogens is 882 g/mol. The van der Waals surface area contributed by atoms with Gasteiger partial charge in [0.05, 0.1) is 27.6 Å². The molecule has 0 N–H and O–H groups in total. The van der Waals surface area contributed by atoms with Crippen molar-refractivity contribution in [3.8, 4) is 28.7 Å². The molecular formula is C50H41N5OPt-2. The van der Waals surface area contributed by atoms with Crippen LogP contribution in [-0.4, -0.2) is 18.7 Å². The maximum absolute atomic E-state index is 6.60. The summed E-state index contributed by atoms with van der Waals surface area (Å²) in [5.74, 6) is 2.03. The third-order valence-corrected chi connectivity index (χ3v) is 10.8. The zero-order valence-corrected chi connectivity index (χ0v) is 35.0. The van der Waals surface area contributed by atoms with Crippen molar-refractivity contribution in [3.63, 3.8) is 0 Å². The molecule has 0 atom stereocenters. The van der Waals surface area contributed by atoms with Crippen molar-refractivity contribution in [3.05, 3.63) is 164 Å². The molecule has 0 amide bonds. The maximum atomic E-state index is 6.60. The van der Waals surface area contributed by atoms with Crippen LogP contribution >= 0.6 is 0 Å². The van der Waals surface area contributed by atoms with Crippen LogP contribution in [-0.2, 0) is 32.0 Å². The minimum atomic E-state index is -0.146. The Balaban J connectivity index is 0.00000422.